The predicted molar refractivity (Wildman–Crippen MR) is 78.2 cm³/mol. The molecule has 0 bridgehead atoms. The molecule has 0 atom stereocenters. The number of carbonyl (C=O) groups is 1. The van der Waals surface area contributed by atoms with Crippen LogP contribution in [-0.4, -0.2) is 29.7 Å². The second-order valence-electron chi connectivity index (χ2n) is 5.60. The molecule has 0 aliphatic heterocycles. The van der Waals surface area contributed by atoms with Crippen molar-refractivity contribution >= 4 is 17.3 Å². The lowest BCUT2D eigenvalue weighted by atomic mass is 10.1. The standard InChI is InChI=1S/C14H20N2O5/c1-9-7-10(12(15)11(8-9)16(18)19)13(17)20-5-6-21-14(2,3)4/h7-8H,5-6,15H2,1-4H3. The Bertz CT molecular complexity index is 549. The van der Waals surface area contributed by atoms with Gasteiger partial charge in [0.1, 0.15) is 12.3 Å². The van der Waals surface area contributed by atoms with Crippen LogP contribution < -0.4 is 5.73 Å². The van der Waals surface area contributed by atoms with E-state index < -0.39 is 10.9 Å². The van der Waals surface area contributed by atoms with Crippen LogP contribution in [0.5, 0.6) is 0 Å². The molecule has 1 aromatic rings. The largest absolute Gasteiger partial charge is 0.460 e. The molecule has 0 amide bonds. The number of anilines is 1. The average Bonchev–Trinajstić information content (AvgIpc) is 2.35. The van der Waals surface area contributed by atoms with Crippen molar-refractivity contribution in [1.29, 1.82) is 0 Å². The lowest BCUT2D eigenvalue weighted by Crippen LogP contribution is -2.23. The number of aryl methyl sites for hydroxylation is 1. The summed E-state index contributed by atoms with van der Waals surface area (Å²) in [5, 5.41) is 10.9. The van der Waals surface area contributed by atoms with Crippen LogP contribution in [-0.2, 0) is 9.47 Å². The summed E-state index contributed by atoms with van der Waals surface area (Å²) in [6, 6.07) is 2.78. The number of nitro benzene ring substituents is 1. The SMILES string of the molecule is Cc1cc(C(=O)OCCOC(C)(C)C)c(N)c([N+](=O)[O-])c1. The highest BCUT2D eigenvalue weighted by molar-refractivity contribution is 5.97. The summed E-state index contributed by atoms with van der Waals surface area (Å²) in [4.78, 5) is 22.2. The van der Waals surface area contributed by atoms with Gasteiger partial charge in [-0.15, -0.1) is 0 Å². The fourth-order valence-electron chi connectivity index (χ4n) is 1.66. The smallest absolute Gasteiger partial charge is 0.340 e. The normalized spacial score (nSPS) is 11.2. The summed E-state index contributed by atoms with van der Waals surface area (Å²) < 4.78 is 10.4. The minimum atomic E-state index is -0.697. The van der Waals surface area contributed by atoms with E-state index in [0.717, 1.165) is 0 Å². The van der Waals surface area contributed by atoms with E-state index in [-0.39, 0.29) is 35.8 Å². The third-order valence-corrected chi connectivity index (χ3v) is 2.57. The monoisotopic (exact) mass is 296 g/mol. The molecule has 0 spiro atoms. The lowest BCUT2D eigenvalue weighted by molar-refractivity contribution is -0.384. The summed E-state index contributed by atoms with van der Waals surface area (Å²) in [5.74, 6) is -0.697. The molecule has 0 heterocycles. The van der Waals surface area contributed by atoms with E-state index in [1.807, 2.05) is 20.8 Å². The van der Waals surface area contributed by atoms with Crippen LogP contribution in [0, 0.1) is 17.0 Å². The Labute approximate surface area is 123 Å². The molecule has 0 fully saturated rings. The number of rotatable bonds is 5. The van der Waals surface area contributed by atoms with Gasteiger partial charge in [0.05, 0.1) is 22.7 Å². The quantitative estimate of drug-likeness (QED) is 0.294. The number of nitrogen functional groups attached to an aromatic ring is 1. The number of nitrogens with zero attached hydrogens (tertiary/aromatic N) is 1. The van der Waals surface area contributed by atoms with Gasteiger partial charge in [-0.2, -0.15) is 0 Å². The van der Waals surface area contributed by atoms with Crippen LogP contribution in [0.3, 0.4) is 0 Å². The number of hydrogen-bond donors (Lipinski definition) is 1. The topological polar surface area (TPSA) is 105 Å². The third-order valence-electron chi connectivity index (χ3n) is 2.57. The van der Waals surface area contributed by atoms with Crippen molar-refractivity contribution in [2.24, 2.45) is 0 Å². The maximum atomic E-state index is 11.9. The zero-order chi connectivity index (χ0) is 16.2. The average molecular weight is 296 g/mol. The Hall–Kier alpha value is -2.15. The van der Waals surface area contributed by atoms with E-state index in [2.05, 4.69) is 0 Å². The number of ether oxygens (including phenoxy) is 2. The first kappa shape index (κ1) is 16.9. The molecule has 0 aliphatic carbocycles. The van der Waals surface area contributed by atoms with Gasteiger partial charge in [0, 0.05) is 6.07 Å². The fourth-order valence-corrected chi connectivity index (χ4v) is 1.66. The predicted octanol–water partition coefficient (Wildman–Crippen LogP) is 2.46. The van der Waals surface area contributed by atoms with Crippen molar-refractivity contribution < 1.29 is 19.2 Å². The summed E-state index contributed by atoms with van der Waals surface area (Å²) in [6.07, 6.45) is 0. The number of hydrogen-bond acceptors (Lipinski definition) is 6. The molecule has 7 heteroatoms. The number of carbonyl (C=O) groups excluding carboxylic acids is 1. The van der Waals surface area contributed by atoms with Gasteiger partial charge in [0.25, 0.3) is 5.69 Å². The molecule has 1 rings (SSSR count). The molecule has 0 radical (unpaired) electrons. The van der Waals surface area contributed by atoms with Crippen LogP contribution >= 0.6 is 0 Å². The Morgan fingerprint density at radius 3 is 2.48 bits per heavy atom. The molecule has 2 N–H and O–H groups in total. The Kier molecular flexibility index (Phi) is 5.26. The van der Waals surface area contributed by atoms with Crippen molar-refractivity contribution in [3.63, 3.8) is 0 Å². The second-order valence-corrected chi connectivity index (χ2v) is 5.60. The van der Waals surface area contributed by atoms with Crippen molar-refractivity contribution in [2.45, 2.75) is 33.3 Å². The molecule has 21 heavy (non-hydrogen) atoms. The van der Waals surface area contributed by atoms with Crippen LogP contribution in [0.2, 0.25) is 0 Å². The molecule has 0 unspecified atom stereocenters. The Balaban J connectivity index is 2.77. The fraction of sp³-hybridized carbons (Fsp3) is 0.500. The first-order valence-corrected chi connectivity index (χ1v) is 6.47. The highest BCUT2D eigenvalue weighted by Gasteiger charge is 2.21. The number of benzene rings is 1. The van der Waals surface area contributed by atoms with Gasteiger partial charge in [-0.25, -0.2) is 4.79 Å². The van der Waals surface area contributed by atoms with Crippen molar-refractivity contribution in [3.05, 3.63) is 33.4 Å². The second kappa shape index (κ2) is 6.53. The Morgan fingerprint density at radius 2 is 1.95 bits per heavy atom. The van der Waals surface area contributed by atoms with Crippen LogP contribution in [0.25, 0.3) is 0 Å². The molecule has 0 saturated carbocycles. The molecule has 116 valence electrons. The highest BCUT2D eigenvalue weighted by atomic mass is 16.6. The zero-order valence-electron chi connectivity index (χ0n) is 12.6. The molecule has 1 aromatic carbocycles. The van der Waals surface area contributed by atoms with Gasteiger partial charge in [-0.3, -0.25) is 10.1 Å². The minimum Gasteiger partial charge on any atom is -0.460 e. The third kappa shape index (κ3) is 5.03. The molecule has 0 saturated heterocycles. The molecular weight excluding hydrogens is 276 g/mol. The maximum absolute atomic E-state index is 11.9. The molecule has 7 nitrogen and oxygen atoms in total. The maximum Gasteiger partial charge on any atom is 0.340 e. The van der Waals surface area contributed by atoms with Crippen molar-refractivity contribution in [1.82, 2.24) is 0 Å². The summed E-state index contributed by atoms with van der Waals surface area (Å²) in [6.45, 7) is 7.59. The van der Waals surface area contributed by atoms with Gasteiger partial charge in [-0.05, 0) is 39.3 Å². The first-order chi connectivity index (χ1) is 9.61. The van der Waals surface area contributed by atoms with Crippen molar-refractivity contribution in [3.8, 4) is 0 Å². The van der Waals surface area contributed by atoms with E-state index in [4.69, 9.17) is 15.2 Å². The highest BCUT2D eigenvalue weighted by Crippen LogP contribution is 2.27. The zero-order valence-corrected chi connectivity index (χ0v) is 12.6. The lowest BCUT2D eigenvalue weighted by Gasteiger charge is -2.19. The van der Waals surface area contributed by atoms with Crippen molar-refractivity contribution in [2.75, 3.05) is 18.9 Å². The molecule has 0 aliphatic rings. The Morgan fingerprint density at radius 1 is 1.33 bits per heavy atom. The van der Waals surface area contributed by atoms with Gasteiger partial charge < -0.3 is 15.2 Å². The number of nitrogens with two attached hydrogens (primary N) is 1. The first-order valence-electron chi connectivity index (χ1n) is 6.47. The summed E-state index contributed by atoms with van der Waals surface area (Å²) in [5.41, 5.74) is 5.40. The molecule has 0 aromatic heterocycles. The van der Waals surface area contributed by atoms with Crippen LogP contribution in [0.15, 0.2) is 12.1 Å². The van der Waals surface area contributed by atoms with Gasteiger partial charge >= 0.3 is 5.97 Å². The van der Waals surface area contributed by atoms with Crippen LogP contribution in [0.1, 0.15) is 36.7 Å². The van der Waals surface area contributed by atoms with E-state index in [9.17, 15) is 14.9 Å². The van der Waals surface area contributed by atoms with E-state index in [0.29, 0.717) is 5.56 Å². The minimum absolute atomic E-state index is 0.00235. The number of esters is 1. The number of nitro groups is 1. The van der Waals surface area contributed by atoms with Gasteiger partial charge in [0.2, 0.25) is 0 Å². The summed E-state index contributed by atoms with van der Waals surface area (Å²) in [7, 11) is 0. The van der Waals surface area contributed by atoms with E-state index in [1.54, 1.807) is 6.92 Å². The van der Waals surface area contributed by atoms with Gasteiger partial charge in [-0.1, -0.05) is 0 Å². The van der Waals surface area contributed by atoms with Gasteiger partial charge in [0.15, 0.2) is 0 Å². The summed E-state index contributed by atoms with van der Waals surface area (Å²) >= 11 is 0. The van der Waals surface area contributed by atoms with Crippen LogP contribution in [0.4, 0.5) is 11.4 Å². The molecular formula is C14H20N2O5. The van der Waals surface area contributed by atoms with E-state index >= 15 is 0 Å². The van der Waals surface area contributed by atoms with E-state index in [1.165, 1.54) is 12.1 Å².